The molecule has 1 aliphatic carbocycles. The third kappa shape index (κ3) is 3.81. The number of hydrogen-bond acceptors (Lipinski definition) is 5. The number of rotatable bonds is 4. The molecule has 1 amide bonds. The highest BCUT2D eigenvalue weighted by atomic mass is 32.2. The van der Waals surface area contributed by atoms with E-state index < -0.39 is 10.0 Å². The Bertz CT molecular complexity index is 1100. The third-order valence-electron chi connectivity index (χ3n) is 6.91. The van der Waals surface area contributed by atoms with Gasteiger partial charge in [0.15, 0.2) is 5.16 Å². The van der Waals surface area contributed by atoms with Gasteiger partial charge in [0.05, 0.1) is 4.90 Å². The molecule has 0 spiro atoms. The van der Waals surface area contributed by atoms with Crippen LogP contribution in [-0.2, 0) is 28.3 Å². The topological polar surface area (TPSA) is 75.5 Å². The Morgan fingerprint density at radius 3 is 2.58 bits per heavy atom. The zero-order valence-corrected chi connectivity index (χ0v) is 19.5. The average Bonchev–Trinajstić information content (AvgIpc) is 3.42. The summed E-state index contributed by atoms with van der Waals surface area (Å²) in [5.41, 5.74) is 1.80. The maximum Gasteiger partial charge on any atom is 0.243 e. The highest BCUT2D eigenvalue weighted by molar-refractivity contribution is 7.99. The molecule has 0 N–H and O–H groups in total. The molecule has 9 heteroatoms. The lowest BCUT2D eigenvalue weighted by molar-refractivity contribution is -0.116. The van der Waals surface area contributed by atoms with E-state index in [1.807, 2.05) is 35.8 Å². The Labute approximate surface area is 187 Å². The van der Waals surface area contributed by atoms with Gasteiger partial charge in [0.2, 0.25) is 15.9 Å². The molecule has 3 atom stereocenters. The number of thioether (sulfide) groups is 1. The molecule has 2 aliphatic heterocycles. The minimum absolute atomic E-state index is 0.00175. The van der Waals surface area contributed by atoms with Crippen molar-refractivity contribution in [2.24, 2.45) is 18.9 Å². The first-order chi connectivity index (χ1) is 14.8. The number of sulfonamides is 1. The average molecular weight is 461 g/mol. The van der Waals surface area contributed by atoms with E-state index in [-0.39, 0.29) is 5.91 Å². The molecule has 166 valence electrons. The number of carbonyl (C=O) groups excluding carboxylic acids is 1. The zero-order chi connectivity index (χ0) is 21.8. The quantitative estimate of drug-likeness (QED) is 0.701. The number of imidazole rings is 1. The fourth-order valence-electron chi connectivity index (χ4n) is 5.32. The van der Waals surface area contributed by atoms with Crippen molar-refractivity contribution in [2.75, 3.05) is 24.5 Å². The number of benzene rings is 1. The highest BCUT2D eigenvalue weighted by Gasteiger charge is 2.45. The van der Waals surface area contributed by atoms with Crippen molar-refractivity contribution in [2.45, 2.75) is 47.9 Å². The fourth-order valence-corrected chi connectivity index (χ4v) is 8.26. The maximum absolute atomic E-state index is 13.4. The van der Waals surface area contributed by atoms with E-state index in [1.54, 1.807) is 34.3 Å². The van der Waals surface area contributed by atoms with Crippen LogP contribution in [0.1, 0.15) is 31.7 Å². The second-order valence-electron chi connectivity index (χ2n) is 8.94. The van der Waals surface area contributed by atoms with E-state index in [0.29, 0.717) is 41.6 Å². The van der Waals surface area contributed by atoms with Crippen LogP contribution in [0.5, 0.6) is 0 Å². The molecule has 1 unspecified atom stereocenters. The molecule has 7 nitrogen and oxygen atoms in total. The minimum atomic E-state index is -3.52. The number of aryl methyl sites for hydroxylation is 2. The number of anilines is 1. The Hall–Kier alpha value is -1.84. The van der Waals surface area contributed by atoms with E-state index >= 15 is 0 Å². The fraction of sp³-hybridized carbons (Fsp3) is 0.545. The molecular weight excluding hydrogens is 432 g/mol. The predicted octanol–water partition coefficient (Wildman–Crippen LogP) is 2.91. The van der Waals surface area contributed by atoms with Crippen LogP contribution < -0.4 is 4.90 Å². The molecule has 0 radical (unpaired) electrons. The summed E-state index contributed by atoms with van der Waals surface area (Å²) in [6, 6.07) is 5.26. The van der Waals surface area contributed by atoms with E-state index in [1.165, 1.54) is 0 Å². The summed E-state index contributed by atoms with van der Waals surface area (Å²) in [6.45, 7) is 3.45. The lowest BCUT2D eigenvalue weighted by Crippen LogP contribution is -2.34. The second-order valence-corrected chi connectivity index (χ2v) is 12.1. The number of amides is 1. The maximum atomic E-state index is 13.4. The van der Waals surface area contributed by atoms with Crippen LogP contribution >= 0.6 is 11.8 Å². The largest absolute Gasteiger partial charge is 0.329 e. The third-order valence-corrected chi connectivity index (χ3v) is 10.1. The number of nitrogens with zero attached hydrogens (tertiary/aromatic N) is 4. The van der Waals surface area contributed by atoms with Crippen molar-refractivity contribution < 1.29 is 13.2 Å². The normalized spacial score (nSPS) is 26.1. The summed E-state index contributed by atoms with van der Waals surface area (Å²) in [7, 11) is -1.51. The molecule has 31 heavy (non-hydrogen) atoms. The molecule has 2 aromatic rings. The van der Waals surface area contributed by atoms with Gasteiger partial charge in [0.1, 0.15) is 0 Å². The van der Waals surface area contributed by atoms with Crippen molar-refractivity contribution in [1.29, 1.82) is 0 Å². The summed E-state index contributed by atoms with van der Waals surface area (Å²) in [5, 5.41) is 1.53. The number of hydrogen-bond donors (Lipinski definition) is 0. The lowest BCUT2D eigenvalue weighted by atomic mass is 10.0. The van der Waals surface area contributed by atoms with Crippen LogP contribution in [0.3, 0.4) is 0 Å². The summed E-state index contributed by atoms with van der Waals surface area (Å²) >= 11 is 1.82. The van der Waals surface area contributed by atoms with Gasteiger partial charge in [-0.15, -0.1) is 0 Å². The summed E-state index contributed by atoms with van der Waals surface area (Å²) in [4.78, 5) is 18.4. The van der Waals surface area contributed by atoms with Crippen molar-refractivity contribution in [3.05, 3.63) is 36.2 Å². The monoisotopic (exact) mass is 460 g/mol. The lowest BCUT2D eigenvalue weighted by Gasteiger charge is -2.29. The van der Waals surface area contributed by atoms with Crippen molar-refractivity contribution in [3.63, 3.8) is 0 Å². The van der Waals surface area contributed by atoms with Gasteiger partial charge in [-0.1, -0.05) is 11.8 Å². The van der Waals surface area contributed by atoms with Crippen LogP contribution in [0.15, 0.2) is 40.6 Å². The van der Waals surface area contributed by atoms with Crippen molar-refractivity contribution >= 4 is 33.4 Å². The van der Waals surface area contributed by atoms with Gasteiger partial charge >= 0.3 is 0 Å². The van der Waals surface area contributed by atoms with E-state index in [0.717, 1.165) is 42.1 Å². The molecule has 3 heterocycles. The molecular formula is C22H28N4O3S2. The SMILES string of the molecule is CC(=O)N1CCCc2cc(S(=O)(=O)N3C[C@H]4CC(Sc5nccn5C)C[C@H]4C3)ccc21. The minimum Gasteiger partial charge on any atom is -0.329 e. The molecule has 3 aliphatic rings. The summed E-state index contributed by atoms with van der Waals surface area (Å²) in [6.07, 6.45) is 7.51. The molecule has 2 fully saturated rings. The number of aromatic nitrogens is 2. The van der Waals surface area contributed by atoms with Gasteiger partial charge in [-0.2, -0.15) is 4.31 Å². The van der Waals surface area contributed by atoms with Gasteiger partial charge < -0.3 is 9.47 Å². The second kappa shape index (κ2) is 7.94. The van der Waals surface area contributed by atoms with Crippen LogP contribution in [0.4, 0.5) is 5.69 Å². The van der Waals surface area contributed by atoms with E-state index in [9.17, 15) is 13.2 Å². The number of fused-ring (bicyclic) bond motifs is 2. The molecule has 1 saturated heterocycles. The first kappa shape index (κ1) is 21.0. The first-order valence-corrected chi connectivity index (χ1v) is 13.2. The predicted molar refractivity (Wildman–Crippen MR) is 121 cm³/mol. The summed E-state index contributed by atoms with van der Waals surface area (Å²) in [5.74, 6) is 0.832. The Balaban J connectivity index is 1.29. The zero-order valence-electron chi connectivity index (χ0n) is 17.9. The van der Waals surface area contributed by atoms with Crippen LogP contribution in [0.2, 0.25) is 0 Å². The van der Waals surface area contributed by atoms with Crippen molar-refractivity contribution in [1.82, 2.24) is 13.9 Å². The standard InChI is InChI=1S/C22H28N4O3S2/c1-15(27)26-8-3-4-16-12-20(5-6-21(16)26)31(28,29)25-13-17-10-19(11-18(17)14-25)30-22-23-7-9-24(22)2/h5-7,9,12,17-19H,3-4,8,10-11,13-14H2,1-2H3/t17-,18+,19?. The van der Waals surface area contributed by atoms with Gasteiger partial charge in [0.25, 0.3) is 0 Å². The molecule has 0 bridgehead atoms. The highest BCUT2D eigenvalue weighted by Crippen LogP contribution is 2.46. The van der Waals surface area contributed by atoms with E-state index in [2.05, 4.69) is 4.98 Å². The van der Waals surface area contributed by atoms with Crippen LogP contribution in [-0.4, -0.2) is 53.1 Å². The first-order valence-electron chi connectivity index (χ1n) is 10.9. The van der Waals surface area contributed by atoms with Crippen molar-refractivity contribution in [3.8, 4) is 0 Å². The van der Waals surface area contributed by atoms with E-state index in [4.69, 9.17) is 0 Å². The molecule has 1 aromatic heterocycles. The van der Waals surface area contributed by atoms with Gasteiger partial charge in [0, 0.05) is 56.9 Å². The molecule has 1 aromatic carbocycles. The van der Waals surface area contributed by atoms with Gasteiger partial charge in [-0.25, -0.2) is 13.4 Å². The van der Waals surface area contributed by atoms with Gasteiger partial charge in [-0.05, 0) is 61.3 Å². The smallest absolute Gasteiger partial charge is 0.243 e. The summed E-state index contributed by atoms with van der Waals surface area (Å²) < 4.78 is 30.5. The van der Waals surface area contributed by atoms with Crippen LogP contribution in [0.25, 0.3) is 0 Å². The van der Waals surface area contributed by atoms with Crippen LogP contribution in [0, 0.1) is 11.8 Å². The number of carbonyl (C=O) groups is 1. The Morgan fingerprint density at radius 1 is 1.19 bits per heavy atom. The molecule has 1 saturated carbocycles. The molecule has 5 rings (SSSR count). The van der Waals surface area contributed by atoms with Gasteiger partial charge in [-0.3, -0.25) is 4.79 Å². The Kier molecular flexibility index (Phi) is 5.38. The Morgan fingerprint density at radius 2 is 1.94 bits per heavy atom.